The molecule has 1 fully saturated rings. The van der Waals surface area contributed by atoms with Crippen molar-refractivity contribution in [2.75, 3.05) is 18.9 Å². The summed E-state index contributed by atoms with van der Waals surface area (Å²) in [7, 11) is -4.53. The van der Waals surface area contributed by atoms with Crippen LogP contribution in [0.1, 0.15) is 39.8 Å². The molecule has 4 atom stereocenters. The number of nitrogen functional groups attached to an aromatic ring is 1. The van der Waals surface area contributed by atoms with Gasteiger partial charge in [0, 0.05) is 11.2 Å². The number of unbranched alkanes of at least 4 members (excludes halogenated alkanes) is 1. The first-order chi connectivity index (χ1) is 18.2. The second kappa shape index (κ2) is 12.3. The number of alkyl halides is 2. The third-order valence-corrected chi connectivity index (χ3v) is 7.61. The van der Waals surface area contributed by atoms with Crippen LogP contribution in [0.4, 0.5) is 14.6 Å². The minimum atomic E-state index is -4.53. The number of carbonyl (C=O) groups excluding carboxylic acids is 1. The molecule has 216 valence electrons. The number of aromatic nitrogens is 2. The van der Waals surface area contributed by atoms with E-state index in [1.807, 2.05) is 6.92 Å². The van der Waals surface area contributed by atoms with Crippen LogP contribution in [0.2, 0.25) is 5.02 Å². The van der Waals surface area contributed by atoms with Gasteiger partial charge in [0.05, 0.1) is 13.2 Å². The number of halogens is 3. The number of nitrogens with one attached hydrogen (secondary N) is 1. The molecule has 0 amide bonds. The summed E-state index contributed by atoms with van der Waals surface area (Å²) in [6.07, 6.45) is -4.16. The Morgan fingerprint density at radius 1 is 1.33 bits per heavy atom. The summed E-state index contributed by atoms with van der Waals surface area (Å²) in [5, 5.41) is 13.1. The van der Waals surface area contributed by atoms with E-state index in [1.54, 1.807) is 0 Å². The number of rotatable bonds is 12. The maximum atomic E-state index is 14.9. The van der Waals surface area contributed by atoms with Gasteiger partial charge in [-0.3, -0.25) is 13.9 Å². The average Bonchev–Trinajstić information content (AvgIpc) is 3.07. The first kappa shape index (κ1) is 30.9. The maximum absolute atomic E-state index is 14.9. The summed E-state index contributed by atoms with van der Waals surface area (Å²) >= 11 is 5.88. The molecular weight excluding hydrogens is 565 g/mol. The minimum absolute atomic E-state index is 0.0148. The molecule has 0 spiro atoms. The number of ether oxygens (including phenoxy) is 2. The molecule has 16 heteroatoms. The van der Waals surface area contributed by atoms with Gasteiger partial charge in [-0.1, -0.05) is 24.9 Å². The molecule has 2 heterocycles. The molecule has 1 aromatic carbocycles. The normalized spacial score (nSPS) is 22.3. The number of nitrogens with two attached hydrogens (primary N) is 1. The molecule has 0 aliphatic carbocycles. The number of carbonyl (C=O) groups is 1. The fourth-order valence-corrected chi connectivity index (χ4v) is 5.28. The molecule has 1 aromatic heterocycles. The lowest BCUT2D eigenvalue weighted by Gasteiger charge is -2.30. The predicted octanol–water partition coefficient (Wildman–Crippen LogP) is 3.29. The minimum Gasteiger partial charge on any atom is -0.464 e. The van der Waals surface area contributed by atoms with Crippen LogP contribution in [0, 0.1) is 0 Å². The summed E-state index contributed by atoms with van der Waals surface area (Å²) in [4.78, 5) is 28.1. The fourth-order valence-electron chi connectivity index (χ4n) is 3.48. The zero-order valence-corrected chi connectivity index (χ0v) is 23.0. The first-order valence-electron chi connectivity index (χ1n) is 11.9. The van der Waals surface area contributed by atoms with Crippen LogP contribution in [0.3, 0.4) is 0 Å². The highest BCUT2D eigenvalue weighted by atomic mass is 35.5. The molecule has 0 bridgehead atoms. The Morgan fingerprint density at radius 2 is 2.00 bits per heavy atom. The highest BCUT2D eigenvalue weighted by Gasteiger charge is 2.60. The number of anilines is 1. The van der Waals surface area contributed by atoms with Crippen molar-refractivity contribution in [2.45, 2.75) is 63.5 Å². The van der Waals surface area contributed by atoms with Crippen molar-refractivity contribution in [1.82, 2.24) is 14.6 Å². The van der Waals surface area contributed by atoms with E-state index in [1.165, 1.54) is 38.1 Å². The lowest BCUT2D eigenvalue weighted by molar-refractivity contribution is -0.149. The number of hydrogen-bond donors (Lipinski definition) is 3. The zero-order valence-electron chi connectivity index (χ0n) is 21.4. The second-order valence-electron chi connectivity index (χ2n) is 9.25. The van der Waals surface area contributed by atoms with E-state index in [2.05, 4.69) is 10.1 Å². The van der Waals surface area contributed by atoms with Crippen LogP contribution < -0.4 is 21.0 Å². The van der Waals surface area contributed by atoms with Crippen LogP contribution in [-0.2, 0) is 23.4 Å². The quantitative estimate of drug-likeness (QED) is 0.188. The topological polar surface area (TPSA) is 164 Å². The molecule has 3 rings (SSSR count). The molecule has 0 radical (unpaired) electrons. The number of aliphatic hydroxyl groups is 1. The van der Waals surface area contributed by atoms with E-state index in [0.717, 1.165) is 18.7 Å². The summed E-state index contributed by atoms with van der Waals surface area (Å²) < 4.78 is 65.4. The molecule has 39 heavy (non-hydrogen) atoms. The Kier molecular flexibility index (Phi) is 9.73. The highest BCUT2D eigenvalue weighted by Crippen LogP contribution is 2.49. The van der Waals surface area contributed by atoms with E-state index in [9.17, 15) is 28.0 Å². The number of aliphatic hydroxyl groups excluding tert-OH is 1. The van der Waals surface area contributed by atoms with Crippen molar-refractivity contribution < 1.29 is 41.8 Å². The number of esters is 1. The molecule has 2 unspecified atom stereocenters. The summed E-state index contributed by atoms with van der Waals surface area (Å²) in [6.45, 7) is 3.89. The fraction of sp³-hybridized carbons (Fsp3) is 0.522. The lowest BCUT2D eigenvalue weighted by Crippen LogP contribution is -2.47. The van der Waals surface area contributed by atoms with Crippen molar-refractivity contribution in [3.05, 3.63) is 52.0 Å². The van der Waals surface area contributed by atoms with Crippen molar-refractivity contribution in [3.8, 4) is 5.75 Å². The van der Waals surface area contributed by atoms with Crippen molar-refractivity contribution in [1.29, 1.82) is 0 Å². The van der Waals surface area contributed by atoms with Gasteiger partial charge in [0.15, 0.2) is 6.10 Å². The van der Waals surface area contributed by atoms with Gasteiger partial charge in [-0.05, 0) is 50.6 Å². The van der Waals surface area contributed by atoms with Gasteiger partial charge in [0.25, 0.3) is 0 Å². The van der Waals surface area contributed by atoms with Gasteiger partial charge in [-0.25, -0.2) is 9.36 Å². The van der Waals surface area contributed by atoms with Gasteiger partial charge >= 0.3 is 25.3 Å². The smallest absolute Gasteiger partial charge is 0.459 e. The van der Waals surface area contributed by atoms with Crippen LogP contribution >= 0.6 is 19.3 Å². The second-order valence-corrected chi connectivity index (χ2v) is 11.3. The van der Waals surface area contributed by atoms with Crippen LogP contribution in [0.15, 0.2) is 41.3 Å². The van der Waals surface area contributed by atoms with Crippen LogP contribution in [0.25, 0.3) is 0 Å². The van der Waals surface area contributed by atoms with Crippen molar-refractivity contribution in [3.63, 3.8) is 0 Å². The Labute approximate surface area is 227 Å². The Hall–Kier alpha value is -2.61. The Morgan fingerprint density at radius 3 is 2.62 bits per heavy atom. The lowest BCUT2D eigenvalue weighted by atomic mass is 10.1. The Balaban J connectivity index is 1.82. The SMILES string of the molecule is CCCCOC(=O)C(C)(C)NP(=O)(OC[C@H]1O[C@@H](n2ccc(N)nc2=O)C(F)(F)C1O)Oc1ccc(Cl)cc1. The van der Waals surface area contributed by atoms with E-state index in [-0.39, 0.29) is 18.2 Å². The van der Waals surface area contributed by atoms with Gasteiger partial charge in [-0.2, -0.15) is 18.9 Å². The standard InChI is InChI=1S/C23H30ClF2N4O8P/c1-4-5-12-35-20(32)22(2,3)29-39(34,38-15-8-6-14(24)7-9-15)36-13-16-18(31)23(25,26)19(37-16)30-11-10-17(27)28-21(30)33/h6-11,16,18-19,31H,4-5,12-13H2,1-3H3,(H,29,34)(H2,27,28,33)/t16-,18?,19-,39?/m1/s1. The van der Waals surface area contributed by atoms with E-state index in [4.69, 9.17) is 35.9 Å². The van der Waals surface area contributed by atoms with Crippen molar-refractivity contribution in [2.24, 2.45) is 0 Å². The number of nitrogens with zero attached hydrogens (tertiary/aromatic N) is 2. The highest BCUT2D eigenvalue weighted by molar-refractivity contribution is 7.52. The Bertz CT molecular complexity index is 1260. The molecule has 4 N–H and O–H groups in total. The first-order valence-corrected chi connectivity index (χ1v) is 13.8. The van der Waals surface area contributed by atoms with Crippen molar-refractivity contribution >= 4 is 31.1 Å². The molecule has 0 saturated carbocycles. The van der Waals surface area contributed by atoms with Gasteiger partial charge < -0.3 is 24.8 Å². The molecule has 2 aromatic rings. The third kappa shape index (κ3) is 7.53. The van der Waals surface area contributed by atoms with E-state index < -0.39 is 55.9 Å². The molecular formula is C23H30ClF2N4O8P. The predicted molar refractivity (Wildman–Crippen MR) is 136 cm³/mol. The number of hydrogen-bond acceptors (Lipinski definition) is 10. The van der Waals surface area contributed by atoms with Gasteiger partial charge in [0.2, 0.25) is 6.23 Å². The summed E-state index contributed by atoms with van der Waals surface area (Å²) in [6, 6.07) is 6.74. The zero-order chi connectivity index (χ0) is 29.0. The van der Waals surface area contributed by atoms with Gasteiger partial charge in [-0.15, -0.1) is 0 Å². The summed E-state index contributed by atoms with van der Waals surface area (Å²) in [5.41, 5.74) is 2.67. The van der Waals surface area contributed by atoms with Gasteiger partial charge in [0.1, 0.15) is 23.2 Å². The van der Waals surface area contributed by atoms with E-state index >= 15 is 0 Å². The largest absolute Gasteiger partial charge is 0.464 e. The molecule has 1 saturated heterocycles. The van der Waals surface area contributed by atoms with Crippen LogP contribution in [-0.4, -0.2) is 57.5 Å². The maximum Gasteiger partial charge on any atom is 0.459 e. The molecule has 1 aliphatic heterocycles. The number of benzene rings is 1. The monoisotopic (exact) mass is 594 g/mol. The average molecular weight is 595 g/mol. The summed E-state index contributed by atoms with van der Waals surface area (Å²) in [5.74, 6) is -4.91. The molecule has 12 nitrogen and oxygen atoms in total. The van der Waals surface area contributed by atoms with E-state index in [0.29, 0.717) is 16.0 Å². The molecule has 1 aliphatic rings. The van der Waals surface area contributed by atoms with Crippen LogP contribution in [0.5, 0.6) is 5.75 Å². The third-order valence-electron chi connectivity index (χ3n) is 5.59.